The molecular formula is C19H24FN3OS. The summed E-state index contributed by atoms with van der Waals surface area (Å²) in [5.41, 5.74) is 1.03. The topological polar surface area (TPSA) is 31.6 Å². The SMILES string of the molecule is CC(NC(=S)N1CCCN(Cc2ccco2)CC1)c1ccc(F)cc1. The van der Waals surface area contributed by atoms with E-state index in [9.17, 15) is 4.39 Å². The molecule has 2 aromatic rings. The van der Waals surface area contributed by atoms with Gasteiger partial charge in [-0.05, 0) is 55.4 Å². The van der Waals surface area contributed by atoms with E-state index < -0.39 is 0 Å². The van der Waals surface area contributed by atoms with Crippen molar-refractivity contribution in [3.8, 4) is 0 Å². The van der Waals surface area contributed by atoms with E-state index in [2.05, 4.69) is 15.1 Å². The Morgan fingerprint density at radius 3 is 2.72 bits per heavy atom. The average Bonchev–Trinajstić information content (AvgIpc) is 2.99. The van der Waals surface area contributed by atoms with Crippen molar-refractivity contribution in [2.75, 3.05) is 26.2 Å². The fraction of sp³-hybridized carbons (Fsp3) is 0.421. The number of halogens is 1. The number of hydrogen-bond donors (Lipinski definition) is 1. The van der Waals surface area contributed by atoms with Gasteiger partial charge in [0.15, 0.2) is 5.11 Å². The summed E-state index contributed by atoms with van der Waals surface area (Å²) in [5.74, 6) is 0.779. The minimum absolute atomic E-state index is 0.0515. The first-order valence-corrected chi connectivity index (χ1v) is 9.08. The molecular weight excluding hydrogens is 337 g/mol. The summed E-state index contributed by atoms with van der Waals surface area (Å²) < 4.78 is 18.5. The zero-order valence-corrected chi connectivity index (χ0v) is 15.3. The van der Waals surface area contributed by atoms with Crippen LogP contribution in [0.3, 0.4) is 0 Å². The summed E-state index contributed by atoms with van der Waals surface area (Å²) in [5, 5.41) is 4.13. The van der Waals surface area contributed by atoms with Crippen LogP contribution in [0, 0.1) is 5.82 Å². The maximum atomic E-state index is 13.1. The van der Waals surface area contributed by atoms with Crippen molar-refractivity contribution < 1.29 is 8.81 Å². The van der Waals surface area contributed by atoms with Gasteiger partial charge >= 0.3 is 0 Å². The summed E-state index contributed by atoms with van der Waals surface area (Å²) in [6, 6.07) is 10.5. The highest BCUT2D eigenvalue weighted by atomic mass is 32.1. The maximum Gasteiger partial charge on any atom is 0.169 e. The highest BCUT2D eigenvalue weighted by Crippen LogP contribution is 2.14. The second-order valence-electron chi connectivity index (χ2n) is 6.42. The molecule has 1 N–H and O–H groups in total. The van der Waals surface area contributed by atoms with E-state index in [1.54, 1.807) is 18.4 Å². The summed E-state index contributed by atoms with van der Waals surface area (Å²) in [6.45, 7) is 6.70. The van der Waals surface area contributed by atoms with Crippen molar-refractivity contribution in [2.24, 2.45) is 0 Å². The van der Waals surface area contributed by atoms with Crippen LogP contribution in [0.4, 0.5) is 4.39 Å². The lowest BCUT2D eigenvalue weighted by molar-refractivity contribution is 0.254. The number of hydrogen-bond acceptors (Lipinski definition) is 3. The van der Waals surface area contributed by atoms with E-state index in [0.29, 0.717) is 0 Å². The molecule has 0 bridgehead atoms. The van der Waals surface area contributed by atoms with E-state index in [4.69, 9.17) is 16.6 Å². The fourth-order valence-corrected chi connectivity index (χ4v) is 3.43. The molecule has 134 valence electrons. The Hall–Kier alpha value is -1.92. The number of thiocarbonyl (C=S) groups is 1. The van der Waals surface area contributed by atoms with Crippen molar-refractivity contribution in [3.63, 3.8) is 0 Å². The molecule has 1 aromatic carbocycles. The van der Waals surface area contributed by atoms with Gasteiger partial charge in [0.2, 0.25) is 0 Å². The lowest BCUT2D eigenvalue weighted by Gasteiger charge is -2.27. The van der Waals surface area contributed by atoms with Crippen LogP contribution in [0.5, 0.6) is 0 Å². The molecule has 1 aliphatic rings. The quantitative estimate of drug-likeness (QED) is 0.842. The molecule has 1 aliphatic heterocycles. The normalized spacial score (nSPS) is 17.1. The van der Waals surface area contributed by atoms with Crippen LogP contribution in [0.15, 0.2) is 47.1 Å². The summed E-state index contributed by atoms with van der Waals surface area (Å²) >= 11 is 5.59. The Balaban J connectivity index is 1.51. The Morgan fingerprint density at radius 1 is 1.20 bits per heavy atom. The van der Waals surface area contributed by atoms with Crippen LogP contribution in [-0.2, 0) is 6.54 Å². The minimum Gasteiger partial charge on any atom is -0.468 e. The molecule has 0 amide bonds. The van der Waals surface area contributed by atoms with E-state index in [-0.39, 0.29) is 11.9 Å². The van der Waals surface area contributed by atoms with Gasteiger partial charge in [-0.3, -0.25) is 4.90 Å². The summed E-state index contributed by atoms with van der Waals surface area (Å²) in [7, 11) is 0. The van der Waals surface area contributed by atoms with Gasteiger partial charge in [0.25, 0.3) is 0 Å². The Morgan fingerprint density at radius 2 is 2.00 bits per heavy atom. The van der Waals surface area contributed by atoms with Crippen molar-refractivity contribution in [1.29, 1.82) is 0 Å². The number of nitrogens with zero attached hydrogens (tertiary/aromatic N) is 2. The van der Waals surface area contributed by atoms with Crippen LogP contribution in [0.2, 0.25) is 0 Å². The maximum absolute atomic E-state index is 13.1. The Kier molecular flexibility index (Phi) is 6.04. The van der Waals surface area contributed by atoms with Gasteiger partial charge in [-0.1, -0.05) is 12.1 Å². The Labute approximate surface area is 153 Å². The van der Waals surface area contributed by atoms with Crippen molar-refractivity contribution >= 4 is 17.3 Å². The van der Waals surface area contributed by atoms with E-state index in [1.807, 2.05) is 19.1 Å². The van der Waals surface area contributed by atoms with Crippen LogP contribution >= 0.6 is 12.2 Å². The third kappa shape index (κ3) is 5.03. The van der Waals surface area contributed by atoms with E-state index in [0.717, 1.165) is 55.6 Å². The first kappa shape index (κ1) is 17.9. The van der Waals surface area contributed by atoms with Crippen molar-refractivity contribution in [2.45, 2.75) is 25.9 Å². The van der Waals surface area contributed by atoms with Crippen molar-refractivity contribution in [3.05, 3.63) is 59.8 Å². The number of furan rings is 1. The largest absolute Gasteiger partial charge is 0.468 e. The zero-order valence-electron chi connectivity index (χ0n) is 14.5. The number of rotatable bonds is 4. The molecule has 2 heterocycles. The van der Waals surface area contributed by atoms with Gasteiger partial charge in [-0.15, -0.1) is 0 Å². The van der Waals surface area contributed by atoms with Crippen LogP contribution in [0.25, 0.3) is 0 Å². The van der Waals surface area contributed by atoms with Gasteiger partial charge in [0.05, 0.1) is 18.8 Å². The molecule has 1 unspecified atom stereocenters. The summed E-state index contributed by atoms with van der Waals surface area (Å²) in [6.07, 6.45) is 2.78. The molecule has 0 aliphatic carbocycles. The standard InChI is InChI=1S/C19H24FN3OS/c1-15(16-5-7-17(20)8-6-16)21-19(25)23-10-3-9-22(11-12-23)14-18-4-2-13-24-18/h2,4-8,13,15H,3,9-12,14H2,1H3,(H,21,25). The monoisotopic (exact) mass is 361 g/mol. The van der Waals surface area contributed by atoms with E-state index >= 15 is 0 Å². The predicted octanol–water partition coefficient (Wildman–Crippen LogP) is 3.56. The molecule has 25 heavy (non-hydrogen) atoms. The van der Waals surface area contributed by atoms with Gasteiger partial charge in [-0.2, -0.15) is 0 Å². The average molecular weight is 361 g/mol. The lowest BCUT2D eigenvalue weighted by Crippen LogP contribution is -2.42. The number of benzene rings is 1. The highest BCUT2D eigenvalue weighted by molar-refractivity contribution is 7.80. The molecule has 1 atom stereocenters. The number of nitrogens with one attached hydrogen (secondary N) is 1. The highest BCUT2D eigenvalue weighted by Gasteiger charge is 2.19. The molecule has 1 fully saturated rings. The zero-order chi connectivity index (χ0) is 17.6. The van der Waals surface area contributed by atoms with Gasteiger partial charge in [0, 0.05) is 26.2 Å². The fourth-order valence-electron chi connectivity index (χ4n) is 3.07. The Bertz CT molecular complexity index is 674. The van der Waals surface area contributed by atoms with Gasteiger partial charge < -0.3 is 14.6 Å². The second-order valence-corrected chi connectivity index (χ2v) is 6.81. The molecule has 0 saturated carbocycles. The van der Waals surface area contributed by atoms with E-state index in [1.165, 1.54) is 12.1 Å². The molecule has 1 saturated heterocycles. The summed E-state index contributed by atoms with van der Waals surface area (Å²) in [4.78, 5) is 4.61. The predicted molar refractivity (Wildman–Crippen MR) is 101 cm³/mol. The first-order valence-electron chi connectivity index (χ1n) is 8.67. The molecule has 1 aromatic heterocycles. The molecule has 3 rings (SSSR count). The van der Waals surface area contributed by atoms with Crippen LogP contribution in [-0.4, -0.2) is 41.1 Å². The van der Waals surface area contributed by atoms with Crippen molar-refractivity contribution in [1.82, 2.24) is 15.1 Å². The lowest BCUT2D eigenvalue weighted by atomic mass is 10.1. The second kappa shape index (κ2) is 8.45. The third-order valence-electron chi connectivity index (χ3n) is 4.55. The molecule has 6 heteroatoms. The first-order chi connectivity index (χ1) is 12.1. The van der Waals surface area contributed by atoms with Crippen LogP contribution < -0.4 is 5.32 Å². The minimum atomic E-state index is -0.220. The molecule has 0 radical (unpaired) electrons. The van der Waals surface area contributed by atoms with Gasteiger partial charge in [-0.25, -0.2) is 4.39 Å². The molecule has 4 nitrogen and oxygen atoms in total. The third-order valence-corrected chi connectivity index (χ3v) is 4.92. The molecule has 0 spiro atoms. The van der Waals surface area contributed by atoms with Gasteiger partial charge in [0.1, 0.15) is 11.6 Å². The van der Waals surface area contributed by atoms with Crippen LogP contribution in [0.1, 0.15) is 30.7 Å². The smallest absolute Gasteiger partial charge is 0.169 e.